The molecule has 0 radical (unpaired) electrons. The zero-order valence-electron chi connectivity index (χ0n) is 21.0. The summed E-state index contributed by atoms with van der Waals surface area (Å²) in [6.45, 7) is 7.07. The molecule has 37 heavy (non-hydrogen) atoms. The number of benzene rings is 2. The molecule has 1 heterocycles. The number of amides is 1. The van der Waals surface area contributed by atoms with Gasteiger partial charge >= 0.3 is 0 Å². The lowest BCUT2D eigenvalue weighted by Crippen LogP contribution is -2.34. The van der Waals surface area contributed by atoms with E-state index in [-0.39, 0.29) is 11.7 Å². The molecule has 0 fully saturated rings. The Hall–Kier alpha value is -3.34. The average molecular weight is 536 g/mol. The standard InChI is InChI=1S/C23H26ClN5O2.C3H6F2O/c1-3-29(4-2)12-11-26-23(31)17-7-10-19(24)20(13-17)27-22-15-25-14-21(28-22)16-5-8-18(30)9-6-16;1-3(4,5)2-6/h5-10,13-15,30H,3-4,11-12H2,1-2H3,(H,26,31)(H,27,28);6H,2H2,1H3. The maximum absolute atomic E-state index is 12.5. The highest BCUT2D eigenvalue weighted by molar-refractivity contribution is 6.33. The number of anilines is 2. The number of likely N-dealkylation sites (N-methyl/N-ethyl adjacent to an activating group) is 1. The second-order valence-corrected chi connectivity index (χ2v) is 8.57. The molecule has 0 unspecified atom stereocenters. The first-order valence-corrected chi connectivity index (χ1v) is 12.1. The van der Waals surface area contributed by atoms with E-state index in [0.29, 0.717) is 41.3 Å². The van der Waals surface area contributed by atoms with Crippen LogP contribution in [0.2, 0.25) is 5.02 Å². The van der Waals surface area contributed by atoms with Gasteiger partial charge in [0.05, 0.1) is 28.8 Å². The number of aliphatic hydroxyl groups excluding tert-OH is 1. The van der Waals surface area contributed by atoms with Gasteiger partial charge in [0.2, 0.25) is 0 Å². The first-order chi connectivity index (χ1) is 17.6. The number of nitrogens with zero attached hydrogens (tertiary/aromatic N) is 3. The Morgan fingerprint density at radius 2 is 1.76 bits per heavy atom. The molecule has 8 nitrogen and oxygen atoms in total. The molecule has 11 heteroatoms. The number of hydrogen-bond donors (Lipinski definition) is 4. The Morgan fingerprint density at radius 1 is 1.11 bits per heavy atom. The van der Waals surface area contributed by atoms with Gasteiger partial charge < -0.3 is 25.7 Å². The Labute approximate surface area is 220 Å². The number of halogens is 3. The van der Waals surface area contributed by atoms with Crippen molar-refractivity contribution in [3.63, 3.8) is 0 Å². The molecular weight excluding hydrogens is 504 g/mol. The summed E-state index contributed by atoms with van der Waals surface area (Å²) in [6, 6.07) is 11.8. The fourth-order valence-electron chi connectivity index (χ4n) is 3.07. The number of nitrogens with one attached hydrogen (secondary N) is 2. The minimum atomic E-state index is -2.90. The SMILES string of the molecule is CC(F)(F)CO.CCN(CC)CCNC(=O)c1ccc(Cl)c(Nc2cncc(-c3ccc(O)cc3)n2)c1. The van der Waals surface area contributed by atoms with Crippen molar-refractivity contribution in [3.05, 3.63) is 65.4 Å². The largest absolute Gasteiger partial charge is 0.508 e. The number of rotatable bonds is 10. The summed E-state index contributed by atoms with van der Waals surface area (Å²) in [5.41, 5.74) is 2.54. The highest BCUT2D eigenvalue weighted by Crippen LogP contribution is 2.27. The second-order valence-electron chi connectivity index (χ2n) is 8.17. The summed E-state index contributed by atoms with van der Waals surface area (Å²) in [5.74, 6) is -2.38. The van der Waals surface area contributed by atoms with E-state index in [1.54, 1.807) is 54.9 Å². The van der Waals surface area contributed by atoms with Crippen molar-refractivity contribution in [2.75, 3.05) is 38.1 Å². The summed E-state index contributed by atoms with van der Waals surface area (Å²) in [4.78, 5) is 23.6. The lowest BCUT2D eigenvalue weighted by molar-refractivity contribution is -0.0322. The molecule has 0 saturated heterocycles. The van der Waals surface area contributed by atoms with Crippen molar-refractivity contribution in [1.82, 2.24) is 20.2 Å². The number of carbonyl (C=O) groups is 1. The number of aliphatic hydroxyl groups is 1. The topological polar surface area (TPSA) is 111 Å². The zero-order chi connectivity index (χ0) is 27.4. The highest BCUT2D eigenvalue weighted by Gasteiger charge is 2.17. The second kappa shape index (κ2) is 14.4. The van der Waals surface area contributed by atoms with E-state index in [1.807, 2.05) is 0 Å². The van der Waals surface area contributed by atoms with Crippen LogP contribution >= 0.6 is 11.6 Å². The number of phenolic OH excluding ortho intramolecular Hbond substituents is 1. The fourth-order valence-corrected chi connectivity index (χ4v) is 3.23. The zero-order valence-corrected chi connectivity index (χ0v) is 21.8. The minimum absolute atomic E-state index is 0.157. The number of carbonyl (C=O) groups excluding carboxylic acids is 1. The molecule has 0 atom stereocenters. The molecule has 1 aromatic heterocycles. The van der Waals surface area contributed by atoms with Crippen molar-refractivity contribution < 1.29 is 23.8 Å². The number of hydrogen-bond acceptors (Lipinski definition) is 7. The van der Waals surface area contributed by atoms with Gasteiger partial charge in [-0.25, -0.2) is 13.8 Å². The highest BCUT2D eigenvalue weighted by atomic mass is 35.5. The van der Waals surface area contributed by atoms with Crippen LogP contribution in [0.3, 0.4) is 0 Å². The molecule has 2 aromatic carbocycles. The first-order valence-electron chi connectivity index (χ1n) is 11.7. The van der Waals surface area contributed by atoms with E-state index in [9.17, 15) is 18.7 Å². The van der Waals surface area contributed by atoms with E-state index in [2.05, 4.69) is 39.3 Å². The van der Waals surface area contributed by atoms with Crippen molar-refractivity contribution >= 4 is 29.0 Å². The van der Waals surface area contributed by atoms with E-state index in [1.165, 1.54) is 0 Å². The Bertz CT molecular complexity index is 1140. The van der Waals surface area contributed by atoms with Crippen LogP contribution in [-0.2, 0) is 0 Å². The maximum Gasteiger partial charge on any atom is 0.267 e. The van der Waals surface area contributed by atoms with E-state index in [0.717, 1.165) is 25.2 Å². The summed E-state index contributed by atoms with van der Waals surface area (Å²) in [5, 5.41) is 23.7. The Morgan fingerprint density at radius 3 is 2.35 bits per heavy atom. The van der Waals surface area contributed by atoms with Crippen LogP contribution in [-0.4, -0.2) is 69.7 Å². The third-order valence-corrected chi connectivity index (χ3v) is 5.50. The third kappa shape index (κ3) is 10.3. The molecule has 0 aliphatic heterocycles. The monoisotopic (exact) mass is 535 g/mol. The normalized spacial score (nSPS) is 11.0. The molecule has 3 rings (SSSR count). The number of aromatic nitrogens is 2. The number of alkyl halides is 2. The lowest BCUT2D eigenvalue weighted by Gasteiger charge is -2.18. The van der Waals surface area contributed by atoms with Gasteiger partial charge in [0.1, 0.15) is 18.2 Å². The summed E-state index contributed by atoms with van der Waals surface area (Å²) in [6.07, 6.45) is 3.22. The Balaban J connectivity index is 0.000000717. The number of phenols is 1. The smallest absolute Gasteiger partial charge is 0.267 e. The predicted molar refractivity (Wildman–Crippen MR) is 142 cm³/mol. The van der Waals surface area contributed by atoms with Crippen LogP contribution in [0.1, 0.15) is 31.1 Å². The van der Waals surface area contributed by atoms with Crippen LogP contribution in [0.4, 0.5) is 20.3 Å². The van der Waals surface area contributed by atoms with Gasteiger partial charge in [-0.3, -0.25) is 9.78 Å². The molecule has 0 bridgehead atoms. The van der Waals surface area contributed by atoms with E-state index in [4.69, 9.17) is 16.7 Å². The minimum Gasteiger partial charge on any atom is -0.508 e. The summed E-state index contributed by atoms with van der Waals surface area (Å²) in [7, 11) is 0. The van der Waals surface area contributed by atoms with Gasteiger partial charge in [-0.15, -0.1) is 0 Å². The Kier molecular flexibility index (Phi) is 11.6. The predicted octanol–water partition coefficient (Wildman–Crippen LogP) is 4.95. The van der Waals surface area contributed by atoms with Crippen LogP contribution in [0, 0.1) is 0 Å². The molecule has 4 N–H and O–H groups in total. The fraction of sp³-hybridized carbons (Fsp3) is 0.346. The number of aromatic hydroxyl groups is 1. The molecular formula is C26H32ClF2N5O3. The van der Waals surface area contributed by atoms with Crippen LogP contribution in [0.5, 0.6) is 5.75 Å². The van der Waals surface area contributed by atoms with Crippen LogP contribution < -0.4 is 10.6 Å². The molecule has 200 valence electrons. The van der Waals surface area contributed by atoms with Crippen molar-refractivity contribution in [2.24, 2.45) is 0 Å². The van der Waals surface area contributed by atoms with Crippen LogP contribution in [0.15, 0.2) is 54.9 Å². The van der Waals surface area contributed by atoms with Gasteiger partial charge in [-0.1, -0.05) is 25.4 Å². The van der Waals surface area contributed by atoms with Crippen molar-refractivity contribution in [2.45, 2.75) is 26.7 Å². The van der Waals surface area contributed by atoms with Gasteiger partial charge in [0, 0.05) is 31.1 Å². The van der Waals surface area contributed by atoms with Crippen molar-refractivity contribution in [1.29, 1.82) is 0 Å². The van der Waals surface area contributed by atoms with Gasteiger partial charge in [-0.05, 0) is 55.6 Å². The van der Waals surface area contributed by atoms with Gasteiger partial charge in [0.15, 0.2) is 0 Å². The maximum atomic E-state index is 12.5. The molecule has 1 amide bonds. The molecule has 0 aliphatic carbocycles. The van der Waals surface area contributed by atoms with E-state index < -0.39 is 12.5 Å². The lowest BCUT2D eigenvalue weighted by atomic mass is 10.1. The summed E-state index contributed by atoms with van der Waals surface area (Å²) >= 11 is 6.33. The van der Waals surface area contributed by atoms with Gasteiger partial charge in [-0.2, -0.15) is 0 Å². The average Bonchev–Trinajstić information content (AvgIpc) is 2.88. The quantitative estimate of drug-likeness (QED) is 0.291. The first kappa shape index (κ1) is 29.9. The third-order valence-electron chi connectivity index (χ3n) is 5.17. The van der Waals surface area contributed by atoms with Crippen molar-refractivity contribution in [3.8, 4) is 17.0 Å². The molecule has 0 spiro atoms. The molecule has 3 aromatic rings. The summed E-state index contributed by atoms with van der Waals surface area (Å²) < 4.78 is 22.4. The van der Waals surface area contributed by atoms with E-state index >= 15 is 0 Å². The van der Waals surface area contributed by atoms with Gasteiger partial charge in [0.25, 0.3) is 11.8 Å². The molecule has 0 aliphatic rings. The molecule has 0 saturated carbocycles. The van der Waals surface area contributed by atoms with Crippen LogP contribution in [0.25, 0.3) is 11.3 Å².